The number of Topliss-reactive ketones (excluding diaryl/α,β-unsaturated/α-hetero) is 1. The Morgan fingerprint density at radius 2 is 1.60 bits per heavy atom. The van der Waals surface area contributed by atoms with Crippen LogP contribution in [-0.2, 0) is 14.8 Å². The molecule has 2 aliphatic rings. The average molecular weight is 427 g/mol. The molecule has 4 atom stereocenters. The van der Waals surface area contributed by atoms with Crippen LogP contribution in [0.15, 0.2) is 60.7 Å². The number of nitrogens with one attached hydrogen (secondary N) is 1. The number of carbonyl (C=O) groups is 1. The first-order chi connectivity index (χ1) is 14.2. The van der Waals surface area contributed by atoms with Gasteiger partial charge in [0.25, 0.3) is 0 Å². The zero-order valence-electron chi connectivity index (χ0n) is 17.5. The van der Waals surface area contributed by atoms with Gasteiger partial charge in [0.1, 0.15) is 5.78 Å². The predicted octanol–water partition coefficient (Wildman–Crippen LogP) is 3.74. The minimum atomic E-state index is -3.76. The molecule has 0 saturated heterocycles. The number of rotatable bonds is 7. The van der Waals surface area contributed by atoms with Gasteiger partial charge >= 0.3 is 0 Å². The first-order valence-electron chi connectivity index (χ1n) is 10.6. The summed E-state index contributed by atoms with van der Waals surface area (Å²) in [5.74, 6) is 0.0833. The van der Waals surface area contributed by atoms with Crippen molar-refractivity contribution >= 4 is 15.8 Å². The molecule has 0 heterocycles. The van der Waals surface area contributed by atoms with Gasteiger partial charge in [-0.15, -0.1) is 0 Å². The van der Waals surface area contributed by atoms with Crippen LogP contribution >= 0.6 is 0 Å². The summed E-state index contributed by atoms with van der Waals surface area (Å²) in [4.78, 5) is 12.7. The highest BCUT2D eigenvalue weighted by Crippen LogP contribution is 2.64. The Hall–Kier alpha value is -2.02. The van der Waals surface area contributed by atoms with Crippen LogP contribution < -0.4 is 10.5 Å². The maximum Gasteiger partial charge on any atom is 0.213 e. The summed E-state index contributed by atoms with van der Waals surface area (Å²) in [5, 5.41) is 0. The monoisotopic (exact) mass is 426 g/mol. The Morgan fingerprint density at radius 1 is 1.03 bits per heavy atom. The maximum absolute atomic E-state index is 13.4. The van der Waals surface area contributed by atoms with Gasteiger partial charge in [-0.2, -0.15) is 0 Å². The van der Waals surface area contributed by atoms with Gasteiger partial charge in [0.05, 0.1) is 23.3 Å². The fourth-order valence-electron chi connectivity index (χ4n) is 5.52. The quantitative estimate of drug-likeness (QED) is 0.706. The van der Waals surface area contributed by atoms with E-state index in [0.717, 1.165) is 24.0 Å². The van der Waals surface area contributed by atoms with Gasteiger partial charge in [0, 0.05) is 6.42 Å². The van der Waals surface area contributed by atoms with Gasteiger partial charge in [0.2, 0.25) is 10.0 Å². The van der Waals surface area contributed by atoms with Crippen molar-refractivity contribution in [2.24, 2.45) is 22.5 Å². The molecule has 2 aliphatic carbocycles. The second kappa shape index (κ2) is 7.59. The third-order valence-corrected chi connectivity index (χ3v) is 8.83. The van der Waals surface area contributed by atoms with Gasteiger partial charge < -0.3 is 5.73 Å². The minimum Gasteiger partial charge on any atom is -0.322 e. The molecule has 4 rings (SSSR count). The fourth-order valence-corrected chi connectivity index (χ4v) is 7.66. The van der Waals surface area contributed by atoms with Crippen molar-refractivity contribution < 1.29 is 13.2 Å². The van der Waals surface area contributed by atoms with Crippen molar-refractivity contribution in [3.05, 3.63) is 71.8 Å². The van der Waals surface area contributed by atoms with Crippen LogP contribution in [0.25, 0.3) is 0 Å². The van der Waals surface area contributed by atoms with E-state index in [-0.39, 0.29) is 22.9 Å². The molecule has 0 radical (unpaired) electrons. The van der Waals surface area contributed by atoms with E-state index >= 15 is 0 Å². The molecule has 0 aliphatic heterocycles. The normalized spacial score (nSPS) is 27.2. The average Bonchev–Trinajstić information content (AvgIpc) is 2.93. The van der Waals surface area contributed by atoms with Crippen LogP contribution in [0.5, 0.6) is 0 Å². The Kier molecular flexibility index (Phi) is 5.37. The lowest BCUT2D eigenvalue weighted by Crippen LogP contribution is -2.59. The summed E-state index contributed by atoms with van der Waals surface area (Å²) in [7, 11) is -3.76. The molecule has 3 N–H and O–H groups in total. The van der Waals surface area contributed by atoms with E-state index in [4.69, 9.17) is 5.73 Å². The molecule has 0 amide bonds. The van der Waals surface area contributed by atoms with E-state index in [0.29, 0.717) is 6.42 Å². The highest BCUT2D eigenvalue weighted by Gasteiger charge is 2.67. The third-order valence-electron chi connectivity index (χ3n) is 7.38. The molecule has 0 aromatic heterocycles. The highest BCUT2D eigenvalue weighted by atomic mass is 32.2. The van der Waals surface area contributed by atoms with E-state index in [1.54, 1.807) is 0 Å². The summed E-state index contributed by atoms with van der Waals surface area (Å²) in [6.45, 7) is 4.06. The second-order valence-corrected chi connectivity index (χ2v) is 11.2. The number of nitrogens with two attached hydrogens (primary N) is 1. The lowest BCUT2D eigenvalue weighted by Gasteiger charge is -2.50. The molecule has 0 bridgehead atoms. The number of sulfonamides is 1. The summed E-state index contributed by atoms with van der Waals surface area (Å²) in [6.07, 6.45) is 2.30. The Balaban J connectivity index is 1.65. The molecule has 2 aromatic carbocycles. The summed E-state index contributed by atoms with van der Waals surface area (Å²) >= 11 is 0. The smallest absolute Gasteiger partial charge is 0.213 e. The van der Waals surface area contributed by atoms with Crippen molar-refractivity contribution in [3.8, 4) is 0 Å². The molecule has 2 unspecified atom stereocenters. The lowest BCUT2D eigenvalue weighted by atomic mass is 9.53. The number of fused-ring (bicyclic) bond motifs is 1. The number of benzene rings is 2. The van der Waals surface area contributed by atoms with E-state index in [2.05, 4.69) is 4.72 Å². The molecule has 2 saturated carbocycles. The lowest BCUT2D eigenvalue weighted by molar-refractivity contribution is -0.149. The number of hydrogen-bond acceptors (Lipinski definition) is 4. The van der Waals surface area contributed by atoms with Gasteiger partial charge in [-0.1, -0.05) is 74.5 Å². The number of hydrogen-bond donors (Lipinski definition) is 2. The molecular formula is C24H30N2O3S. The topological polar surface area (TPSA) is 89.3 Å². The van der Waals surface area contributed by atoms with Crippen molar-refractivity contribution in [1.29, 1.82) is 0 Å². The fraction of sp³-hybridized carbons (Fsp3) is 0.458. The standard InChI is InChI=1S/C24H30N2O3S/c1-23(2)14-13-19-15-20(27)24(19,23)16-30(28,29)26-22(18-11-7-4-8-12-18)21(25)17-9-5-3-6-10-17/h3-12,19,21-22,26H,13-16,25H2,1-2H3/t19?,21-,22-,24?/m1/s1. The van der Waals surface area contributed by atoms with Crippen LogP contribution in [0.2, 0.25) is 0 Å². The molecule has 2 fully saturated rings. The Morgan fingerprint density at radius 3 is 2.13 bits per heavy atom. The molecular weight excluding hydrogens is 396 g/mol. The van der Waals surface area contributed by atoms with Crippen LogP contribution in [0.4, 0.5) is 0 Å². The zero-order chi connectivity index (χ0) is 21.6. The van der Waals surface area contributed by atoms with E-state index in [1.165, 1.54) is 0 Å². The number of ketones is 1. The van der Waals surface area contributed by atoms with Gasteiger partial charge in [0.15, 0.2) is 0 Å². The SMILES string of the molecule is CC1(C)CCC2CC(=O)C21CS(=O)(=O)N[C@H](c1ccccc1)[C@H](N)c1ccccc1. The van der Waals surface area contributed by atoms with Crippen molar-refractivity contribution in [1.82, 2.24) is 4.72 Å². The maximum atomic E-state index is 13.4. The van der Waals surface area contributed by atoms with E-state index in [1.807, 2.05) is 74.5 Å². The molecule has 160 valence electrons. The highest BCUT2D eigenvalue weighted by molar-refractivity contribution is 7.89. The first-order valence-corrected chi connectivity index (χ1v) is 12.2. The van der Waals surface area contributed by atoms with E-state index in [9.17, 15) is 13.2 Å². The molecule has 0 spiro atoms. The first kappa shape index (κ1) is 21.2. The third kappa shape index (κ3) is 3.51. The molecule has 5 nitrogen and oxygen atoms in total. The van der Waals surface area contributed by atoms with Crippen molar-refractivity contribution in [3.63, 3.8) is 0 Å². The molecule has 30 heavy (non-hydrogen) atoms. The van der Waals surface area contributed by atoms with E-state index < -0.39 is 27.5 Å². The van der Waals surface area contributed by atoms with Crippen molar-refractivity contribution in [2.45, 2.75) is 45.2 Å². The van der Waals surface area contributed by atoms with Crippen LogP contribution in [0.3, 0.4) is 0 Å². The Bertz CT molecular complexity index is 1020. The minimum absolute atomic E-state index is 0.0870. The van der Waals surface area contributed by atoms with Gasteiger partial charge in [-0.05, 0) is 35.3 Å². The van der Waals surface area contributed by atoms with Crippen LogP contribution in [0, 0.1) is 16.7 Å². The number of carbonyl (C=O) groups excluding carboxylic acids is 1. The summed E-state index contributed by atoms with van der Waals surface area (Å²) < 4.78 is 29.7. The summed E-state index contributed by atoms with van der Waals surface area (Å²) in [5.41, 5.74) is 7.11. The Labute approximate surface area is 179 Å². The van der Waals surface area contributed by atoms with Crippen LogP contribution in [0.1, 0.15) is 56.3 Å². The second-order valence-electron chi connectivity index (χ2n) is 9.42. The van der Waals surface area contributed by atoms with Crippen LogP contribution in [-0.4, -0.2) is 20.0 Å². The molecule has 2 aromatic rings. The molecule has 6 heteroatoms. The zero-order valence-corrected chi connectivity index (χ0v) is 18.4. The van der Waals surface area contributed by atoms with Gasteiger partial charge in [-0.3, -0.25) is 4.79 Å². The predicted molar refractivity (Wildman–Crippen MR) is 118 cm³/mol. The van der Waals surface area contributed by atoms with Gasteiger partial charge in [-0.25, -0.2) is 13.1 Å². The van der Waals surface area contributed by atoms with Crippen molar-refractivity contribution in [2.75, 3.05) is 5.75 Å². The largest absolute Gasteiger partial charge is 0.322 e. The summed E-state index contributed by atoms with van der Waals surface area (Å²) in [6, 6.07) is 17.7.